The van der Waals surface area contributed by atoms with Crippen LogP contribution in [0.25, 0.3) is 21.5 Å². The van der Waals surface area contributed by atoms with Crippen LogP contribution in [0, 0.1) is 0 Å². The second kappa shape index (κ2) is 12.8. The van der Waals surface area contributed by atoms with Gasteiger partial charge in [-0.15, -0.1) is 77.9 Å². The molecular weight excluding hydrogens is 422 g/mol. The van der Waals surface area contributed by atoms with Crippen molar-refractivity contribution in [2.45, 2.75) is 6.92 Å². The summed E-state index contributed by atoms with van der Waals surface area (Å²) in [5.74, 6) is 0. The first-order valence-electron chi connectivity index (χ1n) is 8.82. The normalized spacial score (nSPS) is 10.1. The van der Waals surface area contributed by atoms with Crippen LogP contribution in [0.15, 0.2) is 104 Å². The number of hydrogen-bond donors (Lipinski definition) is 0. The van der Waals surface area contributed by atoms with Crippen LogP contribution < -0.4 is 5.30 Å². The average Bonchev–Trinajstić information content (AvgIpc) is 3.30. The summed E-state index contributed by atoms with van der Waals surface area (Å²) >= 11 is 0. The van der Waals surface area contributed by atoms with Crippen molar-refractivity contribution < 1.29 is 26.2 Å². The van der Waals surface area contributed by atoms with Crippen molar-refractivity contribution >= 4 is 34.8 Å². The fourth-order valence-corrected chi connectivity index (χ4v) is 3.39. The maximum absolute atomic E-state index is 3.46. The molecule has 27 heavy (non-hydrogen) atoms. The van der Waals surface area contributed by atoms with Crippen molar-refractivity contribution in [1.29, 1.82) is 0 Å². The fourth-order valence-electron chi connectivity index (χ4n) is 2.60. The Morgan fingerprint density at radius 3 is 2.04 bits per heavy atom. The third-order valence-corrected chi connectivity index (χ3v) is 5.29. The summed E-state index contributed by atoms with van der Waals surface area (Å²) in [6, 6.07) is 27.8. The van der Waals surface area contributed by atoms with Crippen LogP contribution in [0.2, 0.25) is 0 Å². The summed E-state index contributed by atoms with van der Waals surface area (Å²) in [6.07, 6.45) is 5.58. The van der Waals surface area contributed by atoms with Gasteiger partial charge in [-0.05, 0) is 20.3 Å². The molecule has 0 nitrogen and oxygen atoms in total. The zero-order valence-corrected chi connectivity index (χ0v) is 19.7. The smallest absolute Gasteiger partial charge is 0.168 e. The minimum absolute atomic E-state index is 0. The van der Waals surface area contributed by atoms with Crippen molar-refractivity contribution in [1.82, 2.24) is 0 Å². The minimum Gasteiger partial charge on any atom is -0.168 e. The van der Waals surface area contributed by atoms with Gasteiger partial charge >= 0.3 is 26.2 Å². The third-order valence-electron chi connectivity index (χ3n) is 4.00. The van der Waals surface area contributed by atoms with Gasteiger partial charge in [-0.2, -0.15) is 23.6 Å². The Balaban J connectivity index is 0.000000217. The molecule has 0 aromatic heterocycles. The van der Waals surface area contributed by atoms with E-state index in [2.05, 4.69) is 98.8 Å². The maximum Gasteiger partial charge on any atom is 2.00 e. The van der Waals surface area contributed by atoms with Crippen molar-refractivity contribution in [3.05, 3.63) is 104 Å². The molecule has 0 saturated heterocycles. The van der Waals surface area contributed by atoms with E-state index in [1.807, 2.05) is 19.1 Å². The summed E-state index contributed by atoms with van der Waals surface area (Å²) in [4.78, 5) is 0. The minimum atomic E-state index is 0. The van der Waals surface area contributed by atoms with Crippen molar-refractivity contribution in [2.75, 3.05) is 13.3 Å². The second-order valence-electron chi connectivity index (χ2n) is 6.15. The Morgan fingerprint density at radius 2 is 1.52 bits per heavy atom. The number of rotatable bonds is 2. The largest absolute Gasteiger partial charge is 2.00 e. The van der Waals surface area contributed by atoms with Crippen LogP contribution in [0.4, 0.5) is 0 Å². The van der Waals surface area contributed by atoms with Crippen LogP contribution >= 0.6 is 7.92 Å². The van der Waals surface area contributed by atoms with E-state index in [1.54, 1.807) is 6.08 Å². The van der Waals surface area contributed by atoms with Gasteiger partial charge in [0.2, 0.25) is 0 Å². The topological polar surface area (TPSA) is 0 Å². The van der Waals surface area contributed by atoms with Crippen molar-refractivity contribution in [3.63, 3.8) is 0 Å². The van der Waals surface area contributed by atoms with Crippen LogP contribution in [0.5, 0.6) is 0 Å². The molecule has 0 aliphatic heterocycles. The molecule has 4 aromatic carbocycles. The SMILES string of the molecule is C=CC=CC.CP(C)c1cc2ccccc2[cH-]1.[Zr+2].c1ccc2[cH-]ccc2c1. The van der Waals surface area contributed by atoms with E-state index in [0.29, 0.717) is 0 Å². The second-order valence-corrected chi connectivity index (χ2v) is 8.46. The van der Waals surface area contributed by atoms with Gasteiger partial charge in [0.25, 0.3) is 0 Å². The van der Waals surface area contributed by atoms with E-state index in [1.165, 1.54) is 26.8 Å². The van der Waals surface area contributed by atoms with Gasteiger partial charge < -0.3 is 0 Å². The molecular formula is C25H27PZr. The van der Waals surface area contributed by atoms with Gasteiger partial charge in [0.15, 0.2) is 0 Å². The molecule has 0 N–H and O–H groups in total. The van der Waals surface area contributed by atoms with Gasteiger partial charge in [-0.25, -0.2) is 0 Å². The molecule has 0 unspecified atom stereocenters. The monoisotopic (exact) mass is 448 g/mol. The molecule has 4 aromatic rings. The van der Waals surface area contributed by atoms with Gasteiger partial charge in [0.1, 0.15) is 0 Å². The maximum atomic E-state index is 3.46. The van der Waals surface area contributed by atoms with Gasteiger partial charge in [0.05, 0.1) is 0 Å². The zero-order chi connectivity index (χ0) is 18.8. The first-order chi connectivity index (χ1) is 12.7. The number of benzene rings is 2. The molecule has 0 fully saturated rings. The predicted molar refractivity (Wildman–Crippen MR) is 122 cm³/mol. The molecule has 0 aliphatic rings. The molecule has 0 spiro atoms. The summed E-state index contributed by atoms with van der Waals surface area (Å²) in [5.41, 5.74) is 0. The van der Waals surface area contributed by atoms with E-state index in [-0.39, 0.29) is 34.1 Å². The summed E-state index contributed by atoms with van der Waals surface area (Å²) < 4.78 is 0. The van der Waals surface area contributed by atoms with Crippen LogP contribution in [-0.2, 0) is 26.2 Å². The number of fused-ring (bicyclic) bond motifs is 2. The quantitative estimate of drug-likeness (QED) is 0.172. The Labute approximate surface area is 184 Å². The predicted octanol–water partition coefficient (Wildman–Crippen LogP) is 7.23. The van der Waals surface area contributed by atoms with Crippen LogP contribution in [0.1, 0.15) is 6.92 Å². The molecule has 0 bridgehead atoms. The molecule has 0 atom stereocenters. The average molecular weight is 450 g/mol. The van der Waals surface area contributed by atoms with Gasteiger partial charge in [0, 0.05) is 0 Å². The van der Waals surface area contributed by atoms with Gasteiger partial charge in [-0.1, -0.05) is 36.9 Å². The van der Waals surface area contributed by atoms with E-state index < -0.39 is 0 Å². The third kappa shape index (κ3) is 7.53. The molecule has 0 radical (unpaired) electrons. The first kappa shape index (κ1) is 23.5. The Morgan fingerprint density at radius 1 is 0.889 bits per heavy atom. The van der Waals surface area contributed by atoms with E-state index in [4.69, 9.17) is 0 Å². The molecule has 0 aliphatic carbocycles. The Kier molecular flexibility index (Phi) is 11.1. The van der Waals surface area contributed by atoms with E-state index in [0.717, 1.165) is 0 Å². The van der Waals surface area contributed by atoms with E-state index >= 15 is 0 Å². The summed E-state index contributed by atoms with van der Waals surface area (Å²) in [6.45, 7) is 10.0. The Bertz CT molecular complexity index is 893. The number of hydrogen-bond acceptors (Lipinski definition) is 0. The van der Waals surface area contributed by atoms with Crippen LogP contribution in [-0.4, -0.2) is 13.3 Å². The van der Waals surface area contributed by atoms with E-state index in [9.17, 15) is 0 Å². The molecule has 4 rings (SSSR count). The first-order valence-corrected chi connectivity index (χ1v) is 11.1. The fraction of sp³-hybridized carbons (Fsp3) is 0.120. The zero-order valence-electron chi connectivity index (χ0n) is 16.4. The molecule has 0 amide bonds. The van der Waals surface area contributed by atoms with Gasteiger partial charge in [-0.3, -0.25) is 0 Å². The van der Waals surface area contributed by atoms with Crippen molar-refractivity contribution in [3.8, 4) is 0 Å². The molecule has 2 heteroatoms. The number of allylic oxidation sites excluding steroid dienone is 3. The summed E-state index contributed by atoms with van der Waals surface area (Å²) in [7, 11) is 0.0576. The molecule has 0 saturated carbocycles. The van der Waals surface area contributed by atoms with Crippen molar-refractivity contribution in [2.24, 2.45) is 0 Å². The standard InChI is InChI=1S/C11H12P.C9H7.C5H8.Zr/c1-12(2)11-7-9-5-3-4-6-10(9)8-11;1-2-5-9-7-3-6-8(9)4-1;1-3-5-4-2;/h3-8H,1-2H3;1-7H;3-5H,1H2,2H3;/q2*-1;;+2. The molecule has 136 valence electrons. The molecule has 0 heterocycles. The Hall–Kier alpha value is -1.55. The summed E-state index contributed by atoms with van der Waals surface area (Å²) in [5, 5.41) is 6.92. The van der Waals surface area contributed by atoms with Crippen LogP contribution in [0.3, 0.4) is 0 Å².